The number of aromatic nitrogens is 3. The van der Waals surface area contributed by atoms with Crippen molar-refractivity contribution in [3.63, 3.8) is 0 Å². The van der Waals surface area contributed by atoms with Crippen LogP contribution in [-0.2, 0) is 4.79 Å². The molecule has 0 aliphatic heterocycles. The van der Waals surface area contributed by atoms with E-state index in [2.05, 4.69) is 9.97 Å². The van der Waals surface area contributed by atoms with E-state index in [0.29, 0.717) is 5.65 Å². The van der Waals surface area contributed by atoms with Crippen LogP contribution in [-0.4, -0.2) is 25.6 Å². The number of halogens is 1. The third-order valence-corrected chi connectivity index (χ3v) is 2.79. The second kappa shape index (κ2) is 4.33. The van der Waals surface area contributed by atoms with Crippen molar-refractivity contribution < 1.29 is 9.90 Å². The van der Waals surface area contributed by atoms with E-state index in [1.807, 2.05) is 13.8 Å². The normalized spacial score (nSPS) is 13.2. The quantitative estimate of drug-likeness (QED) is 0.853. The fourth-order valence-electron chi connectivity index (χ4n) is 1.87. The maximum atomic E-state index is 11.3. The van der Waals surface area contributed by atoms with Crippen LogP contribution in [0.1, 0.15) is 19.9 Å². The zero-order valence-corrected chi connectivity index (χ0v) is 10.2. The van der Waals surface area contributed by atoms with E-state index in [9.17, 15) is 9.90 Å². The standard InChI is InChI=1S/C11H12ClN3O2/c1-6(2)8(10(16)17)15-4-3-7-5-13-11(12)14-9(7)15/h3-6,8H,1-2H3,(H,16,17)/t8-/m1/s1. The molecule has 0 spiro atoms. The maximum Gasteiger partial charge on any atom is 0.327 e. The average Bonchev–Trinajstić information content (AvgIpc) is 2.60. The first kappa shape index (κ1) is 11.9. The fourth-order valence-corrected chi connectivity index (χ4v) is 2.00. The average molecular weight is 254 g/mol. The predicted octanol–water partition coefficient (Wildman–Crippen LogP) is 2.37. The second-order valence-electron chi connectivity index (χ2n) is 4.17. The minimum absolute atomic E-state index is 0.0446. The molecule has 2 aromatic heterocycles. The van der Waals surface area contributed by atoms with Gasteiger partial charge in [-0.05, 0) is 23.6 Å². The molecule has 0 amide bonds. The summed E-state index contributed by atoms with van der Waals surface area (Å²) in [6.07, 6.45) is 3.29. The van der Waals surface area contributed by atoms with Crippen LogP contribution in [0.15, 0.2) is 18.5 Å². The number of carboxylic acid groups (broad SMARTS) is 1. The monoisotopic (exact) mass is 253 g/mol. The van der Waals surface area contributed by atoms with Gasteiger partial charge in [-0.25, -0.2) is 9.78 Å². The molecule has 0 bridgehead atoms. The van der Waals surface area contributed by atoms with E-state index in [4.69, 9.17) is 11.6 Å². The molecule has 0 aromatic carbocycles. The van der Waals surface area contributed by atoms with Crippen LogP contribution in [0.25, 0.3) is 11.0 Å². The Bertz CT molecular complexity index is 565. The first-order chi connectivity index (χ1) is 8.00. The van der Waals surface area contributed by atoms with Crippen molar-refractivity contribution in [3.8, 4) is 0 Å². The molecule has 0 unspecified atom stereocenters. The van der Waals surface area contributed by atoms with Gasteiger partial charge in [0.15, 0.2) is 0 Å². The molecule has 1 N–H and O–H groups in total. The van der Waals surface area contributed by atoms with E-state index < -0.39 is 12.0 Å². The summed E-state index contributed by atoms with van der Waals surface area (Å²) in [4.78, 5) is 19.2. The Hall–Kier alpha value is -1.62. The van der Waals surface area contributed by atoms with Crippen molar-refractivity contribution in [2.45, 2.75) is 19.9 Å². The van der Waals surface area contributed by atoms with Crippen molar-refractivity contribution in [1.29, 1.82) is 0 Å². The highest BCUT2D eigenvalue weighted by molar-refractivity contribution is 6.28. The van der Waals surface area contributed by atoms with Crippen LogP contribution < -0.4 is 0 Å². The van der Waals surface area contributed by atoms with Gasteiger partial charge in [-0.1, -0.05) is 13.8 Å². The number of hydrogen-bond acceptors (Lipinski definition) is 3. The Morgan fingerprint density at radius 3 is 2.82 bits per heavy atom. The first-order valence-electron chi connectivity index (χ1n) is 5.22. The molecule has 0 radical (unpaired) electrons. The lowest BCUT2D eigenvalue weighted by atomic mass is 10.0. The molecule has 0 saturated carbocycles. The minimum Gasteiger partial charge on any atom is -0.480 e. The van der Waals surface area contributed by atoms with Crippen LogP contribution in [0.3, 0.4) is 0 Å². The number of aliphatic carboxylic acids is 1. The zero-order valence-electron chi connectivity index (χ0n) is 9.46. The largest absolute Gasteiger partial charge is 0.480 e. The Morgan fingerprint density at radius 2 is 2.24 bits per heavy atom. The lowest BCUT2D eigenvalue weighted by molar-refractivity contribution is -0.142. The number of carbonyl (C=O) groups is 1. The van der Waals surface area contributed by atoms with E-state index in [0.717, 1.165) is 5.39 Å². The van der Waals surface area contributed by atoms with Gasteiger partial charge < -0.3 is 9.67 Å². The Morgan fingerprint density at radius 1 is 1.53 bits per heavy atom. The summed E-state index contributed by atoms with van der Waals surface area (Å²) < 4.78 is 1.62. The van der Waals surface area contributed by atoms with E-state index >= 15 is 0 Å². The van der Waals surface area contributed by atoms with Crippen LogP contribution in [0.2, 0.25) is 5.28 Å². The highest BCUT2D eigenvalue weighted by Crippen LogP contribution is 2.24. The molecule has 0 saturated heterocycles. The van der Waals surface area contributed by atoms with Gasteiger partial charge in [-0.15, -0.1) is 0 Å². The smallest absolute Gasteiger partial charge is 0.327 e. The van der Waals surface area contributed by atoms with E-state index in [1.54, 1.807) is 23.0 Å². The summed E-state index contributed by atoms with van der Waals surface area (Å²) in [6, 6.07) is 1.13. The molecule has 17 heavy (non-hydrogen) atoms. The van der Waals surface area contributed by atoms with E-state index in [1.165, 1.54) is 0 Å². The van der Waals surface area contributed by atoms with Crippen molar-refractivity contribution >= 4 is 28.6 Å². The summed E-state index contributed by atoms with van der Waals surface area (Å²) in [6.45, 7) is 3.71. The Kier molecular flexibility index (Phi) is 3.02. The number of carboxylic acids is 1. The molecular formula is C11H12ClN3O2. The van der Waals surface area contributed by atoms with Gasteiger partial charge >= 0.3 is 5.97 Å². The lowest BCUT2D eigenvalue weighted by Gasteiger charge is -2.18. The summed E-state index contributed by atoms with van der Waals surface area (Å²) in [5.41, 5.74) is 0.547. The minimum atomic E-state index is -0.882. The van der Waals surface area contributed by atoms with Crippen LogP contribution in [0, 0.1) is 5.92 Å². The number of rotatable bonds is 3. The highest BCUT2D eigenvalue weighted by Gasteiger charge is 2.25. The maximum absolute atomic E-state index is 11.3. The zero-order chi connectivity index (χ0) is 12.6. The van der Waals surface area contributed by atoms with Crippen molar-refractivity contribution in [2.24, 2.45) is 5.92 Å². The van der Waals surface area contributed by atoms with Gasteiger partial charge in [-0.2, -0.15) is 4.98 Å². The van der Waals surface area contributed by atoms with Crippen LogP contribution in [0.5, 0.6) is 0 Å². The third kappa shape index (κ3) is 2.10. The van der Waals surface area contributed by atoms with Gasteiger partial charge in [-0.3, -0.25) is 0 Å². The van der Waals surface area contributed by atoms with Gasteiger partial charge in [0, 0.05) is 17.8 Å². The van der Waals surface area contributed by atoms with Gasteiger partial charge in [0.25, 0.3) is 0 Å². The molecule has 0 fully saturated rings. The lowest BCUT2D eigenvalue weighted by Crippen LogP contribution is -2.23. The van der Waals surface area contributed by atoms with Crippen molar-refractivity contribution in [3.05, 3.63) is 23.7 Å². The summed E-state index contributed by atoms with van der Waals surface area (Å²) in [5.74, 6) is -0.927. The fraction of sp³-hybridized carbons (Fsp3) is 0.364. The van der Waals surface area contributed by atoms with Gasteiger partial charge in [0.2, 0.25) is 5.28 Å². The summed E-state index contributed by atoms with van der Waals surface area (Å²) in [7, 11) is 0. The molecule has 0 aliphatic rings. The highest BCUT2D eigenvalue weighted by atomic mass is 35.5. The predicted molar refractivity (Wildman–Crippen MR) is 64.0 cm³/mol. The van der Waals surface area contributed by atoms with Crippen molar-refractivity contribution in [1.82, 2.24) is 14.5 Å². The van der Waals surface area contributed by atoms with Crippen LogP contribution >= 0.6 is 11.6 Å². The Labute approximate surface area is 103 Å². The summed E-state index contributed by atoms with van der Waals surface area (Å²) >= 11 is 5.73. The number of nitrogens with zero attached hydrogens (tertiary/aromatic N) is 3. The van der Waals surface area contributed by atoms with E-state index in [-0.39, 0.29) is 11.2 Å². The third-order valence-electron chi connectivity index (χ3n) is 2.61. The second-order valence-corrected chi connectivity index (χ2v) is 4.51. The first-order valence-corrected chi connectivity index (χ1v) is 5.60. The molecule has 2 rings (SSSR count). The molecule has 0 aliphatic carbocycles. The molecule has 90 valence electrons. The Balaban J connectivity index is 2.61. The van der Waals surface area contributed by atoms with Gasteiger partial charge in [0.05, 0.1) is 0 Å². The molecule has 2 heterocycles. The molecular weight excluding hydrogens is 242 g/mol. The van der Waals surface area contributed by atoms with Crippen molar-refractivity contribution in [2.75, 3.05) is 0 Å². The number of fused-ring (bicyclic) bond motifs is 1. The molecule has 1 atom stereocenters. The molecule has 2 aromatic rings. The van der Waals surface area contributed by atoms with Crippen LogP contribution in [0.4, 0.5) is 0 Å². The SMILES string of the molecule is CC(C)[C@H](C(=O)O)n1ccc2cnc(Cl)nc21. The summed E-state index contributed by atoms with van der Waals surface area (Å²) in [5, 5.41) is 10.1. The van der Waals surface area contributed by atoms with Gasteiger partial charge in [0.1, 0.15) is 11.7 Å². The molecule has 6 heteroatoms. The molecule has 5 nitrogen and oxygen atoms in total. The number of hydrogen-bond donors (Lipinski definition) is 1. The topological polar surface area (TPSA) is 68.0 Å².